The quantitative estimate of drug-likeness (QED) is 0.544. The Labute approximate surface area is 226 Å². The normalized spacial score (nSPS) is 22.9. The number of allylic oxidation sites excluding steroid dienone is 1. The fraction of sp³-hybridized carbons (Fsp3) is 0.469. The van der Waals surface area contributed by atoms with Crippen molar-refractivity contribution < 1.29 is 13.9 Å². The van der Waals surface area contributed by atoms with E-state index in [9.17, 15) is 4.79 Å². The van der Waals surface area contributed by atoms with Crippen LogP contribution in [-0.2, 0) is 35.5 Å². The number of nitrogens with one attached hydrogen (secondary N) is 1. The average molecular weight is 518 g/mol. The van der Waals surface area contributed by atoms with Gasteiger partial charge in [-0.15, -0.1) is 0 Å². The van der Waals surface area contributed by atoms with Crippen LogP contribution in [0.1, 0.15) is 68.4 Å². The molecule has 2 fully saturated rings. The second kappa shape index (κ2) is 9.97. The molecule has 1 amide bonds. The molecule has 3 aliphatic heterocycles. The van der Waals surface area contributed by atoms with Crippen molar-refractivity contribution in [2.45, 2.75) is 83.7 Å². The van der Waals surface area contributed by atoms with Crippen molar-refractivity contribution in [3.63, 3.8) is 0 Å². The highest BCUT2D eigenvalue weighted by atomic mass is 19.1. The van der Waals surface area contributed by atoms with Gasteiger partial charge in [0.2, 0.25) is 5.91 Å². The summed E-state index contributed by atoms with van der Waals surface area (Å²) < 4.78 is 21.9. The minimum atomic E-state index is -0.270. The number of benzene rings is 2. The number of hydrogen-bond acceptors (Lipinski definition) is 4. The van der Waals surface area contributed by atoms with Crippen molar-refractivity contribution in [3.8, 4) is 0 Å². The van der Waals surface area contributed by atoms with Crippen LogP contribution < -0.4 is 5.32 Å². The Morgan fingerprint density at radius 2 is 1.63 bits per heavy atom. The topological polar surface area (TPSA) is 44.8 Å². The van der Waals surface area contributed by atoms with Crippen molar-refractivity contribution in [2.24, 2.45) is 0 Å². The Bertz CT molecular complexity index is 1270. The summed E-state index contributed by atoms with van der Waals surface area (Å²) in [7, 11) is 0. The van der Waals surface area contributed by atoms with Gasteiger partial charge in [0.25, 0.3) is 0 Å². The first kappa shape index (κ1) is 26.6. The largest absolute Gasteiger partial charge is 0.367 e. The van der Waals surface area contributed by atoms with Crippen LogP contribution in [0.25, 0.3) is 5.70 Å². The predicted molar refractivity (Wildman–Crippen MR) is 150 cm³/mol. The molecule has 1 unspecified atom stereocenters. The third kappa shape index (κ3) is 5.43. The van der Waals surface area contributed by atoms with E-state index in [1.165, 1.54) is 11.1 Å². The van der Waals surface area contributed by atoms with Crippen LogP contribution in [0, 0.1) is 5.82 Å². The van der Waals surface area contributed by atoms with Crippen molar-refractivity contribution in [3.05, 3.63) is 88.9 Å². The zero-order valence-electron chi connectivity index (χ0n) is 23.2. The number of nitrogens with zero attached hydrogens (tertiary/aromatic N) is 2. The molecule has 1 atom stereocenters. The lowest BCUT2D eigenvalue weighted by molar-refractivity contribution is -0.182. The third-order valence-corrected chi connectivity index (χ3v) is 7.94. The van der Waals surface area contributed by atoms with E-state index in [-0.39, 0.29) is 29.0 Å². The van der Waals surface area contributed by atoms with E-state index in [4.69, 9.17) is 4.74 Å². The number of rotatable bonds is 6. The minimum absolute atomic E-state index is 0.0114. The number of carbonyl (C=O) groups excluding carboxylic acids is 1. The number of halogens is 1. The zero-order chi connectivity index (χ0) is 27.2. The Morgan fingerprint density at radius 1 is 1.00 bits per heavy atom. The number of fused-ring (bicyclic) bond motifs is 1. The summed E-state index contributed by atoms with van der Waals surface area (Å²) in [5, 5.41) is 2.90. The molecule has 0 aliphatic carbocycles. The maximum Gasteiger partial charge on any atom is 0.246 e. The smallest absolute Gasteiger partial charge is 0.246 e. The summed E-state index contributed by atoms with van der Waals surface area (Å²) >= 11 is 0. The second-order valence-corrected chi connectivity index (χ2v) is 12.3. The summed E-state index contributed by atoms with van der Waals surface area (Å²) in [4.78, 5) is 17.1. The molecule has 0 spiro atoms. The lowest BCUT2D eigenvalue weighted by Gasteiger charge is -2.47. The van der Waals surface area contributed by atoms with Crippen LogP contribution in [-0.4, -0.2) is 46.0 Å². The molecule has 0 saturated carbocycles. The van der Waals surface area contributed by atoms with Gasteiger partial charge in [0.15, 0.2) is 0 Å². The maximum atomic E-state index is 15.7. The lowest BCUT2D eigenvalue weighted by Crippen LogP contribution is -2.56. The van der Waals surface area contributed by atoms with Crippen LogP contribution in [0.3, 0.4) is 0 Å². The molecule has 38 heavy (non-hydrogen) atoms. The molecular weight excluding hydrogens is 477 g/mol. The molecule has 0 aromatic heterocycles. The average Bonchev–Trinajstić information content (AvgIpc) is 3.14. The van der Waals surface area contributed by atoms with Gasteiger partial charge < -0.3 is 15.0 Å². The van der Waals surface area contributed by atoms with Gasteiger partial charge in [0, 0.05) is 48.7 Å². The molecule has 3 heterocycles. The third-order valence-electron chi connectivity index (χ3n) is 7.94. The zero-order valence-corrected chi connectivity index (χ0v) is 23.2. The molecular formula is C32H40FN3O2. The Kier molecular flexibility index (Phi) is 6.99. The molecule has 5 nitrogen and oxygen atoms in total. The molecule has 2 aromatic rings. The minimum Gasteiger partial charge on any atom is -0.367 e. The van der Waals surface area contributed by atoms with Gasteiger partial charge in [-0.3, -0.25) is 9.69 Å². The molecule has 0 bridgehead atoms. The Morgan fingerprint density at radius 3 is 2.34 bits per heavy atom. The molecule has 202 valence electrons. The molecule has 2 saturated heterocycles. The first-order valence-corrected chi connectivity index (χ1v) is 13.7. The van der Waals surface area contributed by atoms with E-state index < -0.39 is 0 Å². The second-order valence-electron chi connectivity index (χ2n) is 12.3. The van der Waals surface area contributed by atoms with Crippen molar-refractivity contribution in [1.82, 2.24) is 15.1 Å². The number of hydrogen-bond donors (Lipinski definition) is 1. The van der Waals surface area contributed by atoms with Crippen molar-refractivity contribution in [2.75, 3.05) is 13.1 Å². The molecule has 6 heteroatoms. The molecule has 2 aromatic carbocycles. The summed E-state index contributed by atoms with van der Waals surface area (Å²) in [6, 6.07) is 11.8. The van der Waals surface area contributed by atoms with Gasteiger partial charge in [-0.1, -0.05) is 49.6 Å². The van der Waals surface area contributed by atoms with Crippen LogP contribution in [0.5, 0.6) is 0 Å². The lowest BCUT2D eigenvalue weighted by atomic mass is 9.95. The number of ether oxygens (including phenoxy) is 1. The van der Waals surface area contributed by atoms with E-state index in [0.717, 1.165) is 60.4 Å². The molecule has 0 radical (unpaired) electrons. The van der Waals surface area contributed by atoms with Gasteiger partial charge in [-0.2, -0.15) is 0 Å². The highest BCUT2D eigenvalue weighted by Crippen LogP contribution is 2.37. The monoisotopic (exact) mass is 517 g/mol. The molecule has 3 aliphatic rings. The van der Waals surface area contributed by atoms with Crippen LogP contribution in [0.15, 0.2) is 55.3 Å². The number of carbonyl (C=O) groups is 1. The van der Waals surface area contributed by atoms with Gasteiger partial charge in [0.1, 0.15) is 11.9 Å². The van der Waals surface area contributed by atoms with Crippen molar-refractivity contribution >= 4 is 11.6 Å². The van der Waals surface area contributed by atoms with Gasteiger partial charge in [0.05, 0.1) is 11.2 Å². The van der Waals surface area contributed by atoms with Gasteiger partial charge >= 0.3 is 0 Å². The standard InChI is InChI=1S/C32H40FN3O2/c1-21-13-16-28(30(37)34-21)36-18-27-23(9-8-12-26(27)22(36)2)14-15-24-10-7-11-25(29(24)33)17-35-19-31(3,4)38-32(5,6)20-35/h7-12,28H,1-2,13-20H2,3-6H3,(H,34,37). The summed E-state index contributed by atoms with van der Waals surface area (Å²) in [5.74, 6) is -0.116. The predicted octanol–water partition coefficient (Wildman–Crippen LogP) is 5.58. The SMILES string of the molecule is C=C1CCC(N2Cc3c(CCc4cccc(CN5CC(C)(C)OC(C)(C)C5)c4F)cccc3C2=C)C(=O)N1. The Balaban J connectivity index is 1.29. The molecule has 5 rings (SSSR count). The first-order chi connectivity index (χ1) is 17.9. The highest BCUT2D eigenvalue weighted by molar-refractivity contribution is 5.87. The van der Waals surface area contributed by atoms with E-state index in [2.05, 4.69) is 68.1 Å². The van der Waals surface area contributed by atoms with Crippen molar-refractivity contribution in [1.29, 1.82) is 0 Å². The fourth-order valence-corrected chi connectivity index (χ4v) is 6.62. The number of morpholine rings is 1. The van der Waals surface area contributed by atoms with Crippen LogP contribution in [0.2, 0.25) is 0 Å². The van der Waals surface area contributed by atoms with E-state index in [1.807, 2.05) is 24.3 Å². The fourth-order valence-electron chi connectivity index (χ4n) is 6.62. The first-order valence-electron chi connectivity index (χ1n) is 13.7. The Hall–Kier alpha value is -2.96. The highest BCUT2D eigenvalue weighted by Gasteiger charge is 2.38. The van der Waals surface area contributed by atoms with Gasteiger partial charge in [-0.25, -0.2) is 4.39 Å². The number of amides is 1. The molecule has 1 N–H and O–H groups in total. The van der Waals surface area contributed by atoms with E-state index in [0.29, 0.717) is 19.5 Å². The summed E-state index contributed by atoms with van der Waals surface area (Å²) in [6.45, 7) is 19.4. The summed E-state index contributed by atoms with van der Waals surface area (Å²) in [6.07, 6.45) is 2.86. The maximum absolute atomic E-state index is 15.7. The van der Waals surface area contributed by atoms with Gasteiger partial charge in [-0.05, 0) is 70.1 Å². The number of piperidine rings is 1. The van der Waals surface area contributed by atoms with Crippen LogP contribution in [0.4, 0.5) is 4.39 Å². The van der Waals surface area contributed by atoms with E-state index >= 15 is 4.39 Å². The summed E-state index contributed by atoms with van der Waals surface area (Å²) in [5.41, 5.74) is 6.08. The van der Waals surface area contributed by atoms with E-state index in [1.54, 1.807) is 0 Å². The number of aryl methyl sites for hydroxylation is 2. The van der Waals surface area contributed by atoms with Crippen LogP contribution >= 0.6 is 0 Å².